The first kappa shape index (κ1) is 17.3. The molecule has 2 aromatic rings. The molecule has 1 amide bonds. The third-order valence-corrected chi connectivity index (χ3v) is 4.34. The van der Waals surface area contributed by atoms with Crippen molar-refractivity contribution in [2.75, 3.05) is 10.6 Å². The van der Waals surface area contributed by atoms with Gasteiger partial charge in [-0.2, -0.15) is 13.2 Å². The maximum absolute atomic E-state index is 12.5. The fraction of sp³-hybridized carbons (Fsp3) is 0.316. The van der Waals surface area contributed by atoms with Gasteiger partial charge in [0.15, 0.2) is 0 Å². The zero-order valence-electron chi connectivity index (χ0n) is 13.6. The van der Waals surface area contributed by atoms with E-state index in [1.807, 2.05) is 12.1 Å². The van der Waals surface area contributed by atoms with Crippen LogP contribution in [0.4, 0.5) is 24.5 Å². The molecular weight excluding hydrogens is 329 g/mol. The highest BCUT2D eigenvalue weighted by molar-refractivity contribution is 6.04. The van der Waals surface area contributed by atoms with E-state index in [0.29, 0.717) is 11.7 Å². The molecule has 0 unspecified atom stereocenters. The molecule has 1 aliphatic rings. The third-order valence-electron chi connectivity index (χ3n) is 4.34. The second-order valence-corrected chi connectivity index (χ2v) is 6.23. The van der Waals surface area contributed by atoms with Crippen molar-refractivity contribution in [3.05, 3.63) is 59.7 Å². The van der Waals surface area contributed by atoms with Gasteiger partial charge in [-0.25, -0.2) is 0 Å². The van der Waals surface area contributed by atoms with E-state index in [1.165, 1.54) is 37.8 Å². The average Bonchev–Trinajstić information content (AvgIpc) is 3.09. The van der Waals surface area contributed by atoms with Gasteiger partial charge in [0.25, 0.3) is 5.91 Å². The first-order chi connectivity index (χ1) is 11.9. The summed E-state index contributed by atoms with van der Waals surface area (Å²) in [7, 11) is 0. The Labute approximate surface area is 144 Å². The fourth-order valence-corrected chi connectivity index (χ4v) is 2.97. The average molecular weight is 348 g/mol. The SMILES string of the molecule is O=C(Nc1ccc(NC2CCCC2)cc1)c1ccc(C(F)(F)F)cc1. The van der Waals surface area contributed by atoms with Gasteiger partial charge in [-0.1, -0.05) is 12.8 Å². The van der Waals surface area contributed by atoms with Crippen molar-refractivity contribution < 1.29 is 18.0 Å². The summed E-state index contributed by atoms with van der Waals surface area (Å²) in [5, 5.41) is 6.14. The number of anilines is 2. The molecule has 0 radical (unpaired) electrons. The Bertz CT molecular complexity index is 718. The van der Waals surface area contributed by atoms with Crippen molar-refractivity contribution in [1.82, 2.24) is 0 Å². The maximum atomic E-state index is 12.5. The standard InChI is InChI=1S/C19H19F3N2O/c20-19(21,22)14-7-5-13(6-8-14)18(25)24-17-11-9-16(10-12-17)23-15-3-1-2-4-15/h5-12,15,23H,1-4H2,(H,24,25). The fourth-order valence-electron chi connectivity index (χ4n) is 2.97. The number of rotatable bonds is 4. The quantitative estimate of drug-likeness (QED) is 0.786. The lowest BCUT2D eigenvalue weighted by molar-refractivity contribution is -0.137. The van der Waals surface area contributed by atoms with E-state index in [9.17, 15) is 18.0 Å². The lowest BCUT2D eigenvalue weighted by atomic mass is 10.1. The Morgan fingerprint density at radius 2 is 1.44 bits per heavy atom. The van der Waals surface area contributed by atoms with Crippen LogP contribution in [0.5, 0.6) is 0 Å². The van der Waals surface area contributed by atoms with Gasteiger partial charge in [-0.05, 0) is 61.4 Å². The van der Waals surface area contributed by atoms with E-state index in [1.54, 1.807) is 12.1 Å². The van der Waals surface area contributed by atoms with E-state index >= 15 is 0 Å². The predicted molar refractivity (Wildman–Crippen MR) is 91.7 cm³/mol. The van der Waals surface area contributed by atoms with Crippen LogP contribution in [0.25, 0.3) is 0 Å². The van der Waals surface area contributed by atoms with E-state index in [4.69, 9.17) is 0 Å². The lowest BCUT2D eigenvalue weighted by Crippen LogP contribution is -2.15. The first-order valence-corrected chi connectivity index (χ1v) is 8.27. The number of alkyl halides is 3. The summed E-state index contributed by atoms with van der Waals surface area (Å²) < 4.78 is 37.6. The molecule has 0 atom stereocenters. The minimum Gasteiger partial charge on any atom is -0.382 e. The van der Waals surface area contributed by atoms with Gasteiger partial charge in [0.2, 0.25) is 0 Å². The van der Waals surface area contributed by atoms with Crippen molar-refractivity contribution in [3.8, 4) is 0 Å². The van der Waals surface area contributed by atoms with Crippen molar-refractivity contribution in [2.45, 2.75) is 37.9 Å². The second-order valence-electron chi connectivity index (χ2n) is 6.23. The van der Waals surface area contributed by atoms with E-state index in [2.05, 4.69) is 10.6 Å². The third kappa shape index (κ3) is 4.53. The molecule has 25 heavy (non-hydrogen) atoms. The van der Waals surface area contributed by atoms with E-state index < -0.39 is 17.6 Å². The Kier molecular flexibility index (Phi) is 4.97. The molecule has 1 fully saturated rings. The van der Waals surface area contributed by atoms with Crippen molar-refractivity contribution in [3.63, 3.8) is 0 Å². The minimum atomic E-state index is -4.41. The molecule has 3 nitrogen and oxygen atoms in total. The molecule has 2 N–H and O–H groups in total. The largest absolute Gasteiger partial charge is 0.416 e. The van der Waals surface area contributed by atoms with Crippen molar-refractivity contribution in [1.29, 1.82) is 0 Å². The monoisotopic (exact) mass is 348 g/mol. The number of hydrogen-bond acceptors (Lipinski definition) is 2. The van der Waals surface area contributed by atoms with Crippen LogP contribution in [0.2, 0.25) is 0 Å². The van der Waals surface area contributed by atoms with Crippen LogP contribution in [0.1, 0.15) is 41.6 Å². The smallest absolute Gasteiger partial charge is 0.382 e. The molecule has 0 aromatic heterocycles. The molecule has 0 aliphatic heterocycles. The van der Waals surface area contributed by atoms with Gasteiger partial charge in [0.05, 0.1) is 5.56 Å². The van der Waals surface area contributed by atoms with Crippen LogP contribution in [0, 0.1) is 0 Å². The number of carbonyl (C=O) groups is 1. The summed E-state index contributed by atoms with van der Waals surface area (Å²) >= 11 is 0. The Balaban J connectivity index is 1.60. The number of benzene rings is 2. The maximum Gasteiger partial charge on any atom is 0.416 e. The normalized spacial score (nSPS) is 15.2. The van der Waals surface area contributed by atoms with Gasteiger partial charge in [0.1, 0.15) is 0 Å². The molecule has 0 bridgehead atoms. The highest BCUT2D eigenvalue weighted by Crippen LogP contribution is 2.29. The van der Waals surface area contributed by atoms with Crippen molar-refractivity contribution in [2.24, 2.45) is 0 Å². The zero-order chi connectivity index (χ0) is 17.9. The van der Waals surface area contributed by atoms with Gasteiger partial charge in [-0.3, -0.25) is 4.79 Å². The predicted octanol–water partition coefficient (Wildman–Crippen LogP) is 5.31. The van der Waals surface area contributed by atoms with Crippen LogP contribution >= 0.6 is 0 Å². The number of halogens is 3. The molecule has 2 aromatic carbocycles. The Hall–Kier alpha value is -2.50. The topological polar surface area (TPSA) is 41.1 Å². The van der Waals surface area contributed by atoms with Gasteiger partial charge < -0.3 is 10.6 Å². The number of carbonyl (C=O) groups excluding carboxylic acids is 1. The van der Waals surface area contributed by atoms with E-state index in [0.717, 1.165) is 17.8 Å². The Morgan fingerprint density at radius 3 is 2.00 bits per heavy atom. The molecule has 3 rings (SSSR count). The summed E-state index contributed by atoms with van der Waals surface area (Å²) in [6.45, 7) is 0. The second kappa shape index (κ2) is 7.17. The first-order valence-electron chi connectivity index (χ1n) is 8.27. The molecule has 1 saturated carbocycles. The van der Waals surface area contributed by atoms with Crippen LogP contribution < -0.4 is 10.6 Å². The molecule has 1 aliphatic carbocycles. The summed E-state index contributed by atoms with van der Waals surface area (Å²) in [6.07, 6.45) is 0.438. The highest BCUT2D eigenvalue weighted by Gasteiger charge is 2.30. The molecule has 0 spiro atoms. The van der Waals surface area contributed by atoms with Gasteiger partial charge in [-0.15, -0.1) is 0 Å². The summed E-state index contributed by atoms with van der Waals surface area (Å²) in [6, 6.07) is 12.0. The van der Waals surface area contributed by atoms with Crippen LogP contribution in [-0.2, 0) is 6.18 Å². The van der Waals surface area contributed by atoms with Gasteiger partial charge in [0, 0.05) is 23.0 Å². The summed E-state index contributed by atoms with van der Waals surface area (Å²) in [5.41, 5.74) is 1.01. The molecule has 132 valence electrons. The van der Waals surface area contributed by atoms with Crippen molar-refractivity contribution >= 4 is 17.3 Å². The molecular formula is C19H19F3N2O. The number of amides is 1. The van der Waals surface area contributed by atoms with Gasteiger partial charge >= 0.3 is 6.18 Å². The Morgan fingerprint density at radius 1 is 0.880 bits per heavy atom. The minimum absolute atomic E-state index is 0.182. The zero-order valence-corrected chi connectivity index (χ0v) is 13.6. The van der Waals surface area contributed by atoms with E-state index in [-0.39, 0.29) is 5.56 Å². The highest BCUT2D eigenvalue weighted by atomic mass is 19.4. The molecule has 6 heteroatoms. The number of hydrogen-bond donors (Lipinski definition) is 2. The lowest BCUT2D eigenvalue weighted by Gasteiger charge is -2.14. The summed E-state index contributed by atoms with van der Waals surface area (Å²) in [4.78, 5) is 12.1. The number of nitrogens with one attached hydrogen (secondary N) is 2. The summed E-state index contributed by atoms with van der Waals surface area (Å²) in [5.74, 6) is -0.440. The molecule has 0 heterocycles. The molecule has 0 saturated heterocycles. The van der Waals surface area contributed by atoms with Crippen LogP contribution in [0.3, 0.4) is 0 Å². The van der Waals surface area contributed by atoms with Crippen LogP contribution in [-0.4, -0.2) is 11.9 Å². The van der Waals surface area contributed by atoms with Crippen LogP contribution in [0.15, 0.2) is 48.5 Å².